The van der Waals surface area contributed by atoms with Crippen molar-refractivity contribution >= 4 is 23.3 Å². The number of likely N-dealkylation sites (tertiary alicyclic amines) is 1. The fourth-order valence-electron chi connectivity index (χ4n) is 7.77. The first-order valence-corrected chi connectivity index (χ1v) is 16.6. The molecule has 46 heavy (non-hydrogen) atoms. The molecule has 1 aliphatic heterocycles. The number of nitriles is 1. The number of rotatable bonds is 12. The van der Waals surface area contributed by atoms with E-state index < -0.39 is 11.3 Å². The summed E-state index contributed by atoms with van der Waals surface area (Å²) in [5.41, 5.74) is 23.6. The Labute approximate surface area is 274 Å². The molecule has 5 unspecified atom stereocenters. The van der Waals surface area contributed by atoms with Crippen LogP contribution in [0.25, 0.3) is 0 Å². The van der Waals surface area contributed by atoms with E-state index in [-0.39, 0.29) is 42.3 Å². The van der Waals surface area contributed by atoms with Crippen molar-refractivity contribution in [3.05, 3.63) is 77.0 Å². The van der Waals surface area contributed by atoms with Crippen molar-refractivity contribution in [1.82, 2.24) is 10.2 Å². The molecule has 6 atom stereocenters. The average molecular weight is 626 g/mol. The van der Waals surface area contributed by atoms with Crippen molar-refractivity contribution in [2.24, 2.45) is 39.9 Å². The Balaban J connectivity index is 1.84. The number of hydrogen-bond acceptors (Lipinski definition) is 6. The third kappa shape index (κ3) is 7.45. The first kappa shape index (κ1) is 34.7. The minimum absolute atomic E-state index is 0.0705. The van der Waals surface area contributed by atoms with Crippen LogP contribution in [-0.4, -0.2) is 47.7 Å². The van der Waals surface area contributed by atoms with Crippen LogP contribution in [0.2, 0.25) is 0 Å². The molecule has 2 amide bonds. The minimum Gasteiger partial charge on any atom is -0.402 e. The van der Waals surface area contributed by atoms with Gasteiger partial charge >= 0.3 is 0 Å². The number of amidine groups is 1. The lowest BCUT2D eigenvalue weighted by molar-refractivity contribution is -0.130. The van der Waals surface area contributed by atoms with Gasteiger partial charge in [-0.1, -0.05) is 50.6 Å². The van der Waals surface area contributed by atoms with Crippen LogP contribution in [0.5, 0.6) is 0 Å². The number of aryl methyl sites for hydroxylation is 2. The summed E-state index contributed by atoms with van der Waals surface area (Å²) in [4.78, 5) is 32.3. The summed E-state index contributed by atoms with van der Waals surface area (Å²) in [6.07, 6.45) is 5.43. The van der Waals surface area contributed by atoms with Gasteiger partial charge in [-0.05, 0) is 106 Å². The van der Waals surface area contributed by atoms with E-state index in [0.717, 1.165) is 54.5 Å². The molecule has 1 saturated heterocycles. The van der Waals surface area contributed by atoms with Crippen LogP contribution >= 0.6 is 0 Å². The molecule has 0 spiro atoms. The third-order valence-electron chi connectivity index (χ3n) is 10.3. The van der Waals surface area contributed by atoms with Gasteiger partial charge in [0.25, 0.3) is 0 Å². The van der Waals surface area contributed by atoms with Crippen molar-refractivity contribution in [3.63, 3.8) is 0 Å². The first-order valence-electron chi connectivity index (χ1n) is 16.6. The molecule has 0 radical (unpaired) electrons. The lowest BCUT2D eigenvalue weighted by Gasteiger charge is -2.45. The van der Waals surface area contributed by atoms with Crippen molar-refractivity contribution in [1.29, 1.82) is 5.26 Å². The Morgan fingerprint density at radius 1 is 1.15 bits per heavy atom. The van der Waals surface area contributed by atoms with Gasteiger partial charge in [-0.2, -0.15) is 5.26 Å². The lowest BCUT2D eigenvalue weighted by atomic mass is 9.60. The summed E-state index contributed by atoms with van der Waals surface area (Å²) in [7, 11) is 0. The molecular weight excluding hydrogens is 574 g/mol. The van der Waals surface area contributed by atoms with Gasteiger partial charge in [0.05, 0.1) is 23.7 Å². The molecule has 0 saturated carbocycles. The topological polar surface area (TPSA) is 164 Å². The van der Waals surface area contributed by atoms with Crippen molar-refractivity contribution in [2.75, 3.05) is 13.1 Å². The summed E-state index contributed by atoms with van der Waals surface area (Å²) >= 11 is 0. The van der Waals surface area contributed by atoms with Gasteiger partial charge in [-0.25, -0.2) is 4.99 Å². The van der Waals surface area contributed by atoms with Gasteiger partial charge in [0.15, 0.2) is 0 Å². The highest BCUT2D eigenvalue weighted by Gasteiger charge is 2.50. The van der Waals surface area contributed by atoms with Gasteiger partial charge in [0, 0.05) is 23.8 Å². The van der Waals surface area contributed by atoms with E-state index in [2.05, 4.69) is 38.7 Å². The molecule has 7 N–H and O–H groups in total. The molecule has 0 aromatic heterocycles. The van der Waals surface area contributed by atoms with Crippen molar-refractivity contribution in [2.45, 2.75) is 90.1 Å². The third-order valence-corrected chi connectivity index (χ3v) is 10.3. The molecule has 4 rings (SSSR count). The predicted octanol–water partition coefficient (Wildman–Crippen LogP) is 4.99. The Morgan fingerprint density at radius 2 is 1.87 bits per heavy atom. The molecule has 2 aromatic carbocycles. The zero-order valence-corrected chi connectivity index (χ0v) is 27.9. The highest BCUT2D eigenvalue weighted by molar-refractivity contribution is 5.96. The van der Waals surface area contributed by atoms with E-state index in [1.54, 1.807) is 11.0 Å². The Hall–Kier alpha value is -4.16. The average Bonchev–Trinajstić information content (AvgIpc) is 3.47. The number of amides is 2. The maximum absolute atomic E-state index is 13.2. The monoisotopic (exact) mass is 625 g/mol. The highest BCUT2D eigenvalue weighted by atomic mass is 16.2. The van der Waals surface area contributed by atoms with Crippen LogP contribution in [0, 0.1) is 36.0 Å². The molecule has 1 heterocycles. The fourth-order valence-corrected chi connectivity index (χ4v) is 7.77. The predicted molar refractivity (Wildman–Crippen MR) is 184 cm³/mol. The number of nitrogens with two attached hydrogens (primary N) is 3. The smallest absolute Gasteiger partial charge is 0.248 e. The van der Waals surface area contributed by atoms with Gasteiger partial charge < -0.3 is 27.4 Å². The standard InChI is InChI=1S/C37H51N7O2/c1-6-32-27(18-24(3)26(5)39)11-12-28-19-29(35(40)46)13-16-33(28)37(32,36(41)43-30-14-9-23(2)10-15-30)20-25(4)42-22-34(45)44-17-7-8-31(44)21-38/h9-10,13-16,19,24-25,27,31-32,42H,5-8,11-12,17-18,20,22,39H2,1-4H3,(H2,40,46)(H2,41,43)/t24?,25-,27?,31?,32?,37?/m0/s1. The SMILES string of the molecule is C=C(N)C(C)CC1CCc2cc(C(N)=O)ccc2C(C[C@H](C)NCC(=O)N2CCCC2C#N)(C(N)=Nc2ccc(C)cc2)C1CC. The maximum atomic E-state index is 13.2. The Bertz CT molecular complexity index is 1490. The lowest BCUT2D eigenvalue weighted by Crippen LogP contribution is -2.53. The van der Waals surface area contributed by atoms with Gasteiger partial charge in [-0.15, -0.1) is 0 Å². The Morgan fingerprint density at radius 3 is 2.50 bits per heavy atom. The van der Waals surface area contributed by atoms with E-state index >= 15 is 0 Å². The van der Waals surface area contributed by atoms with Crippen LogP contribution in [0.4, 0.5) is 5.69 Å². The van der Waals surface area contributed by atoms with Gasteiger partial charge in [-0.3, -0.25) is 9.59 Å². The molecule has 246 valence electrons. The second kappa shape index (κ2) is 15.0. The van der Waals surface area contributed by atoms with Crippen LogP contribution < -0.4 is 22.5 Å². The molecule has 0 bridgehead atoms. The minimum atomic E-state index is -0.736. The quantitative estimate of drug-likeness (QED) is 0.147. The molecule has 1 fully saturated rings. The summed E-state index contributed by atoms with van der Waals surface area (Å²) in [6.45, 7) is 13.2. The largest absolute Gasteiger partial charge is 0.402 e. The second-order valence-corrected chi connectivity index (χ2v) is 13.4. The zero-order valence-electron chi connectivity index (χ0n) is 27.9. The summed E-state index contributed by atoms with van der Waals surface area (Å²) in [6, 6.07) is 15.5. The number of aliphatic imine (C=N–C) groups is 1. The molecular formula is C37H51N7O2. The fraction of sp³-hybridized carbons (Fsp3) is 0.514. The second-order valence-electron chi connectivity index (χ2n) is 13.4. The summed E-state index contributed by atoms with van der Waals surface area (Å²) < 4.78 is 0. The number of carbonyl (C=O) groups is 2. The molecule has 2 aliphatic rings. The maximum Gasteiger partial charge on any atom is 0.248 e. The molecule has 9 heteroatoms. The van der Waals surface area contributed by atoms with E-state index in [4.69, 9.17) is 22.2 Å². The van der Waals surface area contributed by atoms with E-state index in [1.165, 1.54) is 0 Å². The molecule has 1 aliphatic carbocycles. The van der Waals surface area contributed by atoms with Crippen molar-refractivity contribution in [3.8, 4) is 6.07 Å². The number of fused-ring (bicyclic) bond motifs is 1. The number of carbonyl (C=O) groups excluding carboxylic acids is 2. The van der Waals surface area contributed by atoms with Crippen LogP contribution in [-0.2, 0) is 16.6 Å². The number of nitrogens with one attached hydrogen (secondary N) is 1. The van der Waals surface area contributed by atoms with Gasteiger partial charge in [0.1, 0.15) is 11.9 Å². The van der Waals surface area contributed by atoms with E-state index in [1.807, 2.05) is 43.3 Å². The van der Waals surface area contributed by atoms with Crippen LogP contribution in [0.15, 0.2) is 59.7 Å². The summed E-state index contributed by atoms with van der Waals surface area (Å²) in [5.74, 6) is 0.375. The number of hydrogen-bond donors (Lipinski definition) is 4. The number of nitrogens with zero attached hydrogens (tertiary/aromatic N) is 3. The molecule has 9 nitrogen and oxygen atoms in total. The number of allylic oxidation sites excluding steroid dienone is 1. The normalized spacial score (nSPS) is 24.4. The number of benzene rings is 2. The van der Waals surface area contributed by atoms with Crippen molar-refractivity contribution < 1.29 is 9.59 Å². The zero-order chi connectivity index (χ0) is 33.6. The summed E-state index contributed by atoms with van der Waals surface area (Å²) in [5, 5.41) is 13.0. The first-order chi connectivity index (χ1) is 21.9. The van der Waals surface area contributed by atoms with Gasteiger partial charge in [0.2, 0.25) is 11.8 Å². The number of primary amides is 1. The van der Waals surface area contributed by atoms with Crippen LogP contribution in [0.3, 0.4) is 0 Å². The van der Waals surface area contributed by atoms with Crippen LogP contribution in [0.1, 0.15) is 86.3 Å². The molecule has 2 aromatic rings. The van der Waals surface area contributed by atoms with E-state index in [9.17, 15) is 14.9 Å². The Kier molecular flexibility index (Phi) is 11.3. The highest BCUT2D eigenvalue weighted by Crippen LogP contribution is 2.50. The van der Waals surface area contributed by atoms with E-state index in [0.29, 0.717) is 36.5 Å².